The Kier molecular flexibility index (Phi) is 6.55. The van der Waals surface area contributed by atoms with Gasteiger partial charge in [-0.3, -0.25) is 19.1 Å². The third-order valence-corrected chi connectivity index (χ3v) is 7.51. The zero-order valence-electron chi connectivity index (χ0n) is 19.6. The SMILES string of the molecule is CCN1CCN(C(=O)c2cc3n(n2)C[C@@](C)(C(=O)NC2CCCCCC2)N(C)C3=O)CC1. The molecule has 2 fully saturated rings. The van der Waals surface area contributed by atoms with E-state index in [1.807, 2.05) is 0 Å². The lowest BCUT2D eigenvalue weighted by Gasteiger charge is -2.41. The van der Waals surface area contributed by atoms with Gasteiger partial charge in [-0.1, -0.05) is 32.6 Å². The van der Waals surface area contributed by atoms with Crippen molar-refractivity contribution in [3.05, 3.63) is 17.5 Å². The molecule has 1 aromatic heterocycles. The molecule has 1 saturated carbocycles. The Bertz CT molecular complexity index is 867. The summed E-state index contributed by atoms with van der Waals surface area (Å²) < 4.78 is 1.55. The van der Waals surface area contributed by atoms with Crippen molar-refractivity contribution in [2.24, 2.45) is 0 Å². The molecule has 9 heteroatoms. The number of fused-ring (bicyclic) bond motifs is 1. The molecule has 3 aliphatic rings. The standard InChI is InChI=1S/C23H36N6O3/c1-4-27-11-13-28(14-12-27)20(30)18-15-19-21(31)26(3)23(2,16-29(19)25-18)22(32)24-17-9-7-5-6-8-10-17/h15,17H,4-14,16H2,1-3H3,(H,24,32)/t23-/m0/s1. The molecule has 0 bridgehead atoms. The van der Waals surface area contributed by atoms with Gasteiger partial charge in [0, 0.05) is 45.3 Å². The molecule has 4 rings (SSSR count). The highest BCUT2D eigenvalue weighted by molar-refractivity contribution is 6.01. The first-order valence-electron chi connectivity index (χ1n) is 12.0. The molecular formula is C23H36N6O3. The molecule has 0 unspecified atom stereocenters. The average molecular weight is 445 g/mol. The topological polar surface area (TPSA) is 90.8 Å². The molecule has 3 amide bonds. The number of nitrogens with zero attached hydrogens (tertiary/aromatic N) is 5. The van der Waals surface area contributed by atoms with Crippen molar-refractivity contribution in [3.63, 3.8) is 0 Å². The third-order valence-electron chi connectivity index (χ3n) is 7.51. The van der Waals surface area contributed by atoms with Crippen LogP contribution < -0.4 is 5.32 Å². The number of carbonyl (C=O) groups is 3. The highest BCUT2D eigenvalue weighted by Crippen LogP contribution is 2.27. The number of hydrogen-bond acceptors (Lipinski definition) is 5. The minimum absolute atomic E-state index is 0.148. The molecule has 9 nitrogen and oxygen atoms in total. The summed E-state index contributed by atoms with van der Waals surface area (Å²) in [7, 11) is 1.66. The maximum Gasteiger partial charge on any atom is 0.274 e. The number of piperazine rings is 1. The van der Waals surface area contributed by atoms with E-state index in [1.54, 1.807) is 29.6 Å². The van der Waals surface area contributed by atoms with E-state index in [9.17, 15) is 14.4 Å². The van der Waals surface area contributed by atoms with Gasteiger partial charge in [-0.15, -0.1) is 0 Å². The molecule has 3 heterocycles. The fourth-order valence-electron chi connectivity index (χ4n) is 5.03. The van der Waals surface area contributed by atoms with E-state index in [-0.39, 0.29) is 36.0 Å². The van der Waals surface area contributed by atoms with Crippen LogP contribution in [0.3, 0.4) is 0 Å². The first-order valence-corrected chi connectivity index (χ1v) is 12.0. The smallest absolute Gasteiger partial charge is 0.274 e. The number of nitrogens with one attached hydrogen (secondary N) is 1. The third kappa shape index (κ3) is 4.27. The van der Waals surface area contributed by atoms with Gasteiger partial charge < -0.3 is 20.0 Å². The average Bonchev–Trinajstić information content (AvgIpc) is 3.05. The van der Waals surface area contributed by atoms with Gasteiger partial charge in [-0.05, 0) is 26.3 Å². The Hall–Kier alpha value is -2.42. The summed E-state index contributed by atoms with van der Waals surface area (Å²) in [4.78, 5) is 45.0. The molecule has 2 aliphatic heterocycles. The molecule has 1 atom stereocenters. The Morgan fingerprint density at radius 3 is 2.41 bits per heavy atom. The quantitative estimate of drug-likeness (QED) is 0.708. The highest BCUT2D eigenvalue weighted by atomic mass is 16.2. The normalized spacial score (nSPS) is 25.4. The van der Waals surface area contributed by atoms with E-state index in [4.69, 9.17) is 0 Å². The van der Waals surface area contributed by atoms with Crippen LogP contribution in [0.5, 0.6) is 0 Å². The molecule has 1 N–H and O–H groups in total. The van der Waals surface area contributed by atoms with Crippen molar-refractivity contribution in [2.75, 3.05) is 39.8 Å². The van der Waals surface area contributed by atoms with E-state index in [0.29, 0.717) is 18.8 Å². The number of likely N-dealkylation sites (N-methyl/N-ethyl adjacent to an activating group) is 2. The zero-order chi connectivity index (χ0) is 22.9. The molecule has 32 heavy (non-hydrogen) atoms. The number of hydrogen-bond donors (Lipinski definition) is 1. The predicted molar refractivity (Wildman–Crippen MR) is 120 cm³/mol. The second-order valence-electron chi connectivity index (χ2n) is 9.60. The van der Waals surface area contributed by atoms with Crippen LogP contribution in [0.1, 0.15) is 73.3 Å². The molecule has 1 aliphatic carbocycles. The maximum atomic E-state index is 13.3. The molecule has 0 spiro atoms. The molecule has 176 valence electrons. The van der Waals surface area contributed by atoms with Crippen LogP contribution in [0.15, 0.2) is 6.07 Å². The summed E-state index contributed by atoms with van der Waals surface area (Å²) >= 11 is 0. The first-order chi connectivity index (χ1) is 15.3. The Labute approximate surface area is 190 Å². The van der Waals surface area contributed by atoms with Gasteiger partial charge in [-0.2, -0.15) is 5.10 Å². The van der Waals surface area contributed by atoms with Crippen molar-refractivity contribution in [3.8, 4) is 0 Å². The van der Waals surface area contributed by atoms with Gasteiger partial charge in [0.25, 0.3) is 11.8 Å². The van der Waals surface area contributed by atoms with E-state index in [2.05, 4.69) is 22.2 Å². The maximum absolute atomic E-state index is 13.3. The van der Waals surface area contributed by atoms with Gasteiger partial charge in [0.05, 0.1) is 6.54 Å². The summed E-state index contributed by atoms with van der Waals surface area (Å²) in [5.41, 5.74) is -0.405. The van der Waals surface area contributed by atoms with Crippen LogP contribution in [-0.2, 0) is 11.3 Å². The van der Waals surface area contributed by atoms with E-state index < -0.39 is 5.54 Å². The molecular weight excluding hydrogens is 408 g/mol. The van der Waals surface area contributed by atoms with E-state index >= 15 is 0 Å². The minimum atomic E-state index is -1.05. The zero-order valence-corrected chi connectivity index (χ0v) is 19.6. The number of amides is 3. The lowest BCUT2D eigenvalue weighted by molar-refractivity contribution is -0.133. The summed E-state index contributed by atoms with van der Waals surface area (Å²) in [5, 5.41) is 7.66. The Morgan fingerprint density at radius 1 is 1.12 bits per heavy atom. The highest BCUT2D eigenvalue weighted by Gasteiger charge is 2.47. The summed E-state index contributed by atoms with van der Waals surface area (Å²) in [6.07, 6.45) is 6.63. The number of carbonyl (C=O) groups excluding carboxylic acids is 3. The van der Waals surface area contributed by atoms with Crippen LogP contribution in [0.4, 0.5) is 0 Å². The monoisotopic (exact) mass is 444 g/mol. The summed E-state index contributed by atoms with van der Waals surface area (Å²) in [6.45, 7) is 8.12. The largest absolute Gasteiger partial charge is 0.351 e. The second kappa shape index (κ2) is 9.21. The molecule has 0 aromatic carbocycles. The summed E-state index contributed by atoms with van der Waals surface area (Å²) in [6, 6.07) is 1.74. The van der Waals surface area contributed by atoms with Gasteiger partial charge in [-0.25, -0.2) is 0 Å². The first kappa shape index (κ1) is 22.8. The van der Waals surface area contributed by atoms with Gasteiger partial charge >= 0.3 is 0 Å². The number of rotatable bonds is 4. The van der Waals surface area contributed by atoms with Crippen LogP contribution in [0.25, 0.3) is 0 Å². The van der Waals surface area contributed by atoms with Crippen molar-refractivity contribution < 1.29 is 14.4 Å². The Morgan fingerprint density at radius 2 is 1.78 bits per heavy atom. The Balaban J connectivity index is 1.49. The van der Waals surface area contributed by atoms with E-state index in [0.717, 1.165) is 45.3 Å². The van der Waals surface area contributed by atoms with Crippen LogP contribution in [-0.4, -0.2) is 93.6 Å². The van der Waals surface area contributed by atoms with Gasteiger partial charge in [0.15, 0.2) is 5.69 Å². The summed E-state index contributed by atoms with van der Waals surface area (Å²) in [5.74, 6) is -0.579. The van der Waals surface area contributed by atoms with Crippen molar-refractivity contribution in [1.82, 2.24) is 29.8 Å². The van der Waals surface area contributed by atoms with Crippen LogP contribution in [0, 0.1) is 0 Å². The van der Waals surface area contributed by atoms with Crippen molar-refractivity contribution in [2.45, 2.75) is 70.5 Å². The van der Waals surface area contributed by atoms with Gasteiger partial charge in [0.2, 0.25) is 5.91 Å². The van der Waals surface area contributed by atoms with E-state index in [1.165, 1.54) is 17.7 Å². The van der Waals surface area contributed by atoms with Crippen LogP contribution >= 0.6 is 0 Å². The molecule has 0 radical (unpaired) electrons. The molecule has 1 saturated heterocycles. The lowest BCUT2D eigenvalue weighted by atomic mass is 9.95. The lowest BCUT2D eigenvalue weighted by Crippen LogP contribution is -2.63. The number of aromatic nitrogens is 2. The van der Waals surface area contributed by atoms with Gasteiger partial charge in [0.1, 0.15) is 11.2 Å². The van der Waals surface area contributed by atoms with Crippen LogP contribution in [0.2, 0.25) is 0 Å². The second-order valence-corrected chi connectivity index (χ2v) is 9.60. The fraction of sp³-hybridized carbons (Fsp3) is 0.739. The minimum Gasteiger partial charge on any atom is -0.351 e. The molecule has 1 aromatic rings. The fourth-order valence-corrected chi connectivity index (χ4v) is 5.03. The van der Waals surface area contributed by atoms with Crippen molar-refractivity contribution in [1.29, 1.82) is 0 Å². The predicted octanol–water partition coefficient (Wildman–Crippen LogP) is 1.34. The van der Waals surface area contributed by atoms with Crippen molar-refractivity contribution >= 4 is 17.7 Å².